The van der Waals surface area contributed by atoms with Crippen LogP contribution in [0.15, 0.2) is 0 Å². The Balaban J connectivity index is 4.43. The molecule has 20 heavy (non-hydrogen) atoms. The molecule has 1 unspecified atom stereocenters. The van der Waals surface area contributed by atoms with E-state index in [0.717, 1.165) is 19.3 Å². The van der Waals surface area contributed by atoms with Gasteiger partial charge < -0.3 is 4.74 Å². The number of unbranched alkanes of at least 4 members (excludes halogenated alkanes) is 4. The summed E-state index contributed by atoms with van der Waals surface area (Å²) in [6.45, 7) is 7.18. The van der Waals surface area contributed by atoms with Gasteiger partial charge in [-0.25, -0.2) is 0 Å². The fourth-order valence-electron chi connectivity index (χ4n) is 2.53. The third-order valence-electron chi connectivity index (χ3n) is 4.14. The van der Waals surface area contributed by atoms with Gasteiger partial charge in [-0.05, 0) is 25.7 Å². The van der Waals surface area contributed by atoms with E-state index in [1.807, 2.05) is 6.92 Å². The van der Waals surface area contributed by atoms with Crippen LogP contribution < -0.4 is 0 Å². The predicted octanol–water partition coefficient (Wildman–Crippen LogP) is 6.26. The van der Waals surface area contributed by atoms with Crippen molar-refractivity contribution in [2.75, 3.05) is 0 Å². The molecule has 0 aromatic carbocycles. The molecule has 0 aliphatic carbocycles. The number of ether oxygens (including phenoxy) is 1. The summed E-state index contributed by atoms with van der Waals surface area (Å²) in [5, 5.41) is 0. The topological polar surface area (TPSA) is 9.23 Å². The molecule has 0 aliphatic rings. The average molecular weight is 296 g/mol. The second-order valence-electron chi connectivity index (χ2n) is 5.55. The number of halogens is 3. The lowest BCUT2D eigenvalue weighted by molar-refractivity contribution is -0.294. The van der Waals surface area contributed by atoms with Crippen LogP contribution in [0.25, 0.3) is 0 Å². The number of hydrogen-bond acceptors (Lipinski definition) is 1. The van der Waals surface area contributed by atoms with Gasteiger partial charge in [0, 0.05) is 0 Å². The molecule has 0 aromatic heterocycles. The maximum Gasteiger partial charge on any atom is 0.417 e. The highest BCUT2D eigenvalue weighted by atomic mass is 19.4. The van der Waals surface area contributed by atoms with E-state index in [-0.39, 0.29) is 18.9 Å². The predicted molar refractivity (Wildman–Crippen MR) is 77.9 cm³/mol. The van der Waals surface area contributed by atoms with E-state index in [2.05, 4.69) is 6.92 Å². The molecule has 0 bridgehead atoms. The van der Waals surface area contributed by atoms with Gasteiger partial charge in [0.25, 0.3) is 0 Å². The molecule has 0 rings (SSSR count). The molecule has 1 atom stereocenters. The van der Waals surface area contributed by atoms with Crippen molar-refractivity contribution in [3.8, 4) is 0 Å². The average Bonchev–Trinajstić information content (AvgIpc) is 2.41. The van der Waals surface area contributed by atoms with Crippen molar-refractivity contribution in [1.29, 1.82) is 0 Å². The summed E-state index contributed by atoms with van der Waals surface area (Å²) in [6, 6.07) is 0. The second-order valence-corrected chi connectivity index (χ2v) is 5.55. The lowest BCUT2D eigenvalue weighted by atomic mass is 9.95. The zero-order valence-electron chi connectivity index (χ0n) is 13.5. The van der Waals surface area contributed by atoms with E-state index in [1.165, 1.54) is 19.3 Å². The lowest BCUT2D eigenvalue weighted by Gasteiger charge is -2.37. The highest BCUT2D eigenvalue weighted by Crippen LogP contribution is 2.40. The minimum Gasteiger partial charge on any atom is -0.362 e. The Bertz CT molecular complexity index is 234. The first-order valence-electron chi connectivity index (χ1n) is 8.11. The molecule has 0 amide bonds. The lowest BCUT2D eigenvalue weighted by Crippen LogP contribution is -2.48. The Labute approximate surface area is 122 Å². The van der Waals surface area contributed by atoms with E-state index in [4.69, 9.17) is 4.74 Å². The van der Waals surface area contributed by atoms with E-state index < -0.39 is 11.8 Å². The SMILES string of the molecule is CCCCCCCC(CC)OC(CC)(CC)C(F)(F)F. The molecule has 0 aromatic rings. The van der Waals surface area contributed by atoms with E-state index in [9.17, 15) is 13.2 Å². The van der Waals surface area contributed by atoms with E-state index >= 15 is 0 Å². The summed E-state index contributed by atoms with van der Waals surface area (Å²) in [5.41, 5.74) is -1.96. The molecule has 0 fully saturated rings. The smallest absolute Gasteiger partial charge is 0.362 e. The fraction of sp³-hybridized carbons (Fsp3) is 1.00. The van der Waals surface area contributed by atoms with Gasteiger partial charge in [-0.15, -0.1) is 0 Å². The van der Waals surface area contributed by atoms with Crippen LogP contribution in [0.4, 0.5) is 13.2 Å². The van der Waals surface area contributed by atoms with Crippen LogP contribution in [0.2, 0.25) is 0 Å². The summed E-state index contributed by atoms with van der Waals surface area (Å²) in [7, 11) is 0. The van der Waals surface area contributed by atoms with Crippen LogP contribution in [-0.2, 0) is 4.74 Å². The maximum absolute atomic E-state index is 13.2. The summed E-state index contributed by atoms with van der Waals surface area (Å²) in [4.78, 5) is 0. The highest BCUT2D eigenvalue weighted by Gasteiger charge is 2.54. The van der Waals surface area contributed by atoms with Crippen molar-refractivity contribution in [3.05, 3.63) is 0 Å². The summed E-state index contributed by atoms with van der Waals surface area (Å²) >= 11 is 0. The zero-order valence-corrected chi connectivity index (χ0v) is 13.5. The molecule has 0 radical (unpaired) electrons. The van der Waals surface area contributed by atoms with Gasteiger partial charge in [0.05, 0.1) is 6.10 Å². The molecular formula is C16H31F3O. The third kappa shape index (κ3) is 6.02. The molecule has 122 valence electrons. The van der Waals surface area contributed by atoms with Crippen molar-refractivity contribution < 1.29 is 17.9 Å². The number of hydrogen-bond donors (Lipinski definition) is 0. The van der Waals surface area contributed by atoms with Crippen LogP contribution >= 0.6 is 0 Å². The van der Waals surface area contributed by atoms with Crippen molar-refractivity contribution in [3.63, 3.8) is 0 Å². The largest absolute Gasteiger partial charge is 0.417 e. The minimum absolute atomic E-state index is 0.0145. The Kier molecular flexibility index (Phi) is 9.52. The van der Waals surface area contributed by atoms with Crippen molar-refractivity contribution >= 4 is 0 Å². The van der Waals surface area contributed by atoms with Crippen molar-refractivity contribution in [1.82, 2.24) is 0 Å². The molecular weight excluding hydrogens is 265 g/mol. The Hall–Kier alpha value is -0.250. The van der Waals surface area contributed by atoms with Gasteiger partial charge in [-0.1, -0.05) is 59.8 Å². The van der Waals surface area contributed by atoms with Gasteiger partial charge in [0.2, 0.25) is 0 Å². The van der Waals surface area contributed by atoms with E-state index in [1.54, 1.807) is 13.8 Å². The van der Waals surface area contributed by atoms with Crippen molar-refractivity contribution in [2.45, 2.75) is 103 Å². The van der Waals surface area contributed by atoms with Crippen LogP contribution in [0.3, 0.4) is 0 Å². The van der Waals surface area contributed by atoms with E-state index in [0.29, 0.717) is 6.42 Å². The summed E-state index contributed by atoms with van der Waals surface area (Å²) in [6.07, 6.45) is 2.38. The number of alkyl halides is 3. The first-order valence-corrected chi connectivity index (χ1v) is 8.11. The molecule has 0 heterocycles. The number of rotatable bonds is 11. The van der Waals surface area contributed by atoms with Gasteiger partial charge in [-0.3, -0.25) is 0 Å². The van der Waals surface area contributed by atoms with Gasteiger partial charge in [0.1, 0.15) is 0 Å². The Morgan fingerprint density at radius 3 is 1.80 bits per heavy atom. The Morgan fingerprint density at radius 2 is 1.40 bits per heavy atom. The zero-order chi connectivity index (χ0) is 15.6. The quantitative estimate of drug-likeness (QED) is 0.409. The van der Waals surface area contributed by atoms with Crippen LogP contribution in [0.5, 0.6) is 0 Å². The molecule has 0 spiro atoms. The van der Waals surface area contributed by atoms with Crippen molar-refractivity contribution in [2.24, 2.45) is 0 Å². The molecule has 1 nitrogen and oxygen atoms in total. The van der Waals surface area contributed by atoms with Crippen LogP contribution in [0, 0.1) is 0 Å². The highest BCUT2D eigenvalue weighted by molar-refractivity contribution is 4.87. The van der Waals surface area contributed by atoms with Gasteiger partial charge in [-0.2, -0.15) is 13.2 Å². The summed E-state index contributed by atoms with van der Waals surface area (Å²) in [5.74, 6) is 0. The monoisotopic (exact) mass is 296 g/mol. The molecule has 0 saturated carbocycles. The second kappa shape index (κ2) is 9.64. The van der Waals surface area contributed by atoms with Gasteiger partial charge in [0.15, 0.2) is 5.60 Å². The molecule has 0 saturated heterocycles. The normalized spacial score (nSPS) is 14.6. The van der Waals surface area contributed by atoms with Crippen LogP contribution in [0.1, 0.15) is 85.5 Å². The first-order chi connectivity index (χ1) is 9.36. The molecule has 4 heteroatoms. The standard InChI is InChI=1S/C16H31F3O/c1-5-9-10-11-12-13-14(6-2)20-15(7-3,8-4)16(17,18)19/h14H,5-13H2,1-4H3. The minimum atomic E-state index is -4.29. The molecule has 0 N–H and O–H groups in total. The summed E-state index contributed by atoms with van der Waals surface area (Å²) < 4.78 is 45.2. The maximum atomic E-state index is 13.2. The fourth-order valence-corrected chi connectivity index (χ4v) is 2.53. The third-order valence-corrected chi connectivity index (χ3v) is 4.14. The van der Waals surface area contributed by atoms with Crippen LogP contribution in [-0.4, -0.2) is 17.9 Å². The Morgan fingerprint density at radius 1 is 0.850 bits per heavy atom. The van der Waals surface area contributed by atoms with Gasteiger partial charge >= 0.3 is 6.18 Å². The molecule has 0 aliphatic heterocycles. The first kappa shape index (κ1) is 19.8.